The van der Waals surface area contributed by atoms with Crippen LogP contribution in [0.3, 0.4) is 0 Å². The van der Waals surface area contributed by atoms with E-state index in [0.717, 1.165) is 24.4 Å². The van der Waals surface area contributed by atoms with Crippen molar-refractivity contribution in [2.24, 2.45) is 5.92 Å². The number of rotatable bonds is 8. The average Bonchev–Trinajstić information content (AvgIpc) is 2.88. The van der Waals surface area contributed by atoms with Crippen molar-refractivity contribution < 1.29 is 14.3 Å². The van der Waals surface area contributed by atoms with Gasteiger partial charge < -0.3 is 14.5 Å². The molecule has 2 aliphatic heterocycles. The van der Waals surface area contributed by atoms with E-state index < -0.39 is 5.54 Å². The number of carbonyl (C=O) groups is 2. The molecule has 2 saturated heterocycles. The first-order valence-corrected chi connectivity index (χ1v) is 10.6. The number of hydrogen-bond donors (Lipinski definition) is 0. The lowest BCUT2D eigenvalue weighted by atomic mass is 9.85. The minimum absolute atomic E-state index is 0.0322. The number of ether oxygens (including phenoxy) is 1. The Labute approximate surface area is 173 Å². The molecule has 2 fully saturated rings. The number of hydrogen-bond acceptors (Lipinski definition) is 6. The van der Waals surface area contributed by atoms with Crippen molar-refractivity contribution >= 4 is 17.8 Å². The van der Waals surface area contributed by atoms with E-state index in [1.807, 2.05) is 24.0 Å². The van der Waals surface area contributed by atoms with Crippen molar-refractivity contribution in [2.45, 2.75) is 52.0 Å². The van der Waals surface area contributed by atoms with Gasteiger partial charge in [0.15, 0.2) is 5.82 Å². The van der Waals surface area contributed by atoms with Crippen molar-refractivity contribution in [2.75, 3.05) is 44.8 Å². The maximum atomic E-state index is 13.4. The highest BCUT2D eigenvalue weighted by Crippen LogP contribution is 2.38. The Kier molecular flexibility index (Phi) is 6.72. The molecule has 8 nitrogen and oxygen atoms in total. The summed E-state index contributed by atoms with van der Waals surface area (Å²) in [6.07, 6.45) is 2.84. The lowest BCUT2D eigenvalue weighted by Crippen LogP contribution is -2.57. The second kappa shape index (κ2) is 9.07. The van der Waals surface area contributed by atoms with Gasteiger partial charge in [-0.25, -0.2) is 4.79 Å². The highest BCUT2D eigenvalue weighted by atomic mass is 16.5. The summed E-state index contributed by atoms with van der Waals surface area (Å²) >= 11 is 0. The van der Waals surface area contributed by atoms with Gasteiger partial charge in [-0.15, -0.1) is 5.10 Å². The molecule has 160 valence electrons. The smallest absolute Gasteiger partial charge is 0.327 e. The van der Waals surface area contributed by atoms with E-state index >= 15 is 0 Å². The molecule has 1 aromatic heterocycles. The largest absolute Gasteiger partial charge is 0.385 e. The fourth-order valence-corrected chi connectivity index (χ4v) is 4.26. The topological polar surface area (TPSA) is 78.9 Å². The first-order chi connectivity index (χ1) is 13.9. The number of amides is 3. The number of piperidine rings is 1. The molecule has 8 heteroatoms. The second-order valence-corrected chi connectivity index (χ2v) is 8.50. The zero-order valence-corrected chi connectivity index (χ0v) is 18.1. The molecular formula is C21H33N5O3. The Morgan fingerprint density at radius 3 is 2.45 bits per heavy atom. The Morgan fingerprint density at radius 2 is 1.86 bits per heavy atom. The minimum atomic E-state index is -0.725. The van der Waals surface area contributed by atoms with Gasteiger partial charge in [-0.2, -0.15) is 5.10 Å². The number of anilines is 1. The third-order valence-electron chi connectivity index (χ3n) is 5.85. The molecule has 3 amide bonds. The van der Waals surface area contributed by atoms with Crippen molar-refractivity contribution in [3.05, 3.63) is 17.8 Å². The fraction of sp³-hybridized carbons (Fsp3) is 0.714. The maximum absolute atomic E-state index is 13.4. The molecule has 0 saturated carbocycles. The van der Waals surface area contributed by atoms with Gasteiger partial charge in [0.25, 0.3) is 5.91 Å². The monoisotopic (exact) mass is 403 g/mol. The van der Waals surface area contributed by atoms with Gasteiger partial charge in [-0.3, -0.25) is 9.69 Å². The molecule has 0 aliphatic carbocycles. The van der Waals surface area contributed by atoms with Crippen LogP contribution >= 0.6 is 0 Å². The number of nitrogens with zero attached hydrogens (tertiary/aromatic N) is 5. The molecule has 2 aliphatic rings. The minimum Gasteiger partial charge on any atom is -0.385 e. The molecule has 0 radical (unpaired) electrons. The van der Waals surface area contributed by atoms with Crippen molar-refractivity contribution in [1.29, 1.82) is 0 Å². The Hall–Kier alpha value is -2.22. The standard InChI is InChI=1S/C21H33N5O3/c1-16(2)15-26-20(28)25(11-5-6-14-29-4)19(27)21(26)9-12-24(13-10-21)18-8-7-17(3)22-23-18/h7-8,16H,5-6,9-15H2,1-4H3. The maximum Gasteiger partial charge on any atom is 0.327 e. The lowest BCUT2D eigenvalue weighted by Gasteiger charge is -2.43. The molecule has 1 spiro atoms. The summed E-state index contributed by atoms with van der Waals surface area (Å²) in [5.74, 6) is 1.10. The average molecular weight is 404 g/mol. The van der Waals surface area contributed by atoms with Crippen LogP contribution in [0.5, 0.6) is 0 Å². The number of methoxy groups -OCH3 is 1. The van der Waals surface area contributed by atoms with Crippen molar-refractivity contribution in [3.63, 3.8) is 0 Å². The summed E-state index contributed by atoms with van der Waals surface area (Å²) in [4.78, 5) is 32.0. The number of imide groups is 1. The summed E-state index contributed by atoms with van der Waals surface area (Å²) in [6, 6.07) is 3.78. The summed E-state index contributed by atoms with van der Waals surface area (Å²) < 4.78 is 5.09. The first-order valence-electron chi connectivity index (χ1n) is 10.6. The van der Waals surface area contributed by atoms with Crippen LogP contribution in [0.4, 0.5) is 10.6 Å². The van der Waals surface area contributed by atoms with E-state index in [1.54, 1.807) is 7.11 Å². The number of aryl methyl sites for hydroxylation is 1. The zero-order chi connectivity index (χ0) is 21.0. The van der Waals surface area contributed by atoms with Crippen LogP contribution in [0.15, 0.2) is 12.1 Å². The Balaban J connectivity index is 1.75. The third-order valence-corrected chi connectivity index (χ3v) is 5.85. The van der Waals surface area contributed by atoms with Gasteiger partial charge in [0.2, 0.25) is 0 Å². The van der Waals surface area contributed by atoms with Crippen LogP contribution in [0.2, 0.25) is 0 Å². The van der Waals surface area contributed by atoms with Crippen LogP contribution in [0, 0.1) is 12.8 Å². The summed E-state index contributed by atoms with van der Waals surface area (Å²) in [5.41, 5.74) is 0.156. The highest BCUT2D eigenvalue weighted by molar-refractivity contribution is 6.07. The van der Waals surface area contributed by atoms with Gasteiger partial charge in [0, 0.05) is 39.9 Å². The lowest BCUT2D eigenvalue weighted by molar-refractivity contribution is -0.134. The molecule has 0 aromatic carbocycles. The van der Waals surface area contributed by atoms with Gasteiger partial charge >= 0.3 is 6.03 Å². The molecule has 3 rings (SSSR count). The Morgan fingerprint density at radius 1 is 1.14 bits per heavy atom. The van der Waals surface area contributed by atoms with Crippen molar-refractivity contribution in [3.8, 4) is 0 Å². The normalized spacial score (nSPS) is 19.1. The third kappa shape index (κ3) is 4.37. The van der Waals surface area contributed by atoms with Gasteiger partial charge in [-0.05, 0) is 50.7 Å². The number of carbonyl (C=O) groups excluding carboxylic acids is 2. The summed E-state index contributed by atoms with van der Waals surface area (Å²) in [5, 5.41) is 8.42. The van der Waals surface area contributed by atoms with Crippen LogP contribution in [0.25, 0.3) is 0 Å². The molecule has 1 aromatic rings. The number of urea groups is 1. The molecule has 0 N–H and O–H groups in total. The quantitative estimate of drug-likeness (QED) is 0.490. The fourth-order valence-electron chi connectivity index (χ4n) is 4.26. The van der Waals surface area contributed by atoms with E-state index in [1.165, 1.54) is 4.90 Å². The van der Waals surface area contributed by atoms with Crippen LogP contribution in [-0.2, 0) is 9.53 Å². The van der Waals surface area contributed by atoms with Gasteiger partial charge in [0.05, 0.1) is 5.69 Å². The molecule has 0 atom stereocenters. The van der Waals surface area contributed by atoms with Crippen molar-refractivity contribution in [1.82, 2.24) is 20.0 Å². The predicted molar refractivity (Wildman–Crippen MR) is 111 cm³/mol. The molecular weight excluding hydrogens is 370 g/mol. The van der Waals surface area contributed by atoms with E-state index in [4.69, 9.17) is 4.74 Å². The summed E-state index contributed by atoms with van der Waals surface area (Å²) in [6.45, 7) is 9.16. The SMILES string of the molecule is COCCCCN1C(=O)N(CC(C)C)C2(CCN(c3ccc(C)nn3)CC2)C1=O. The summed E-state index contributed by atoms with van der Waals surface area (Å²) in [7, 11) is 1.66. The molecule has 0 bridgehead atoms. The first kappa shape index (κ1) is 21.5. The van der Waals surface area contributed by atoms with Gasteiger partial charge in [-0.1, -0.05) is 13.8 Å². The molecule has 0 unspecified atom stereocenters. The van der Waals surface area contributed by atoms with Crippen LogP contribution in [0.1, 0.15) is 45.2 Å². The van der Waals surface area contributed by atoms with Gasteiger partial charge in [0.1, 0.15) is 5.54 Å². The molecule has 3 heterocycles. The van der Waals surface area contributed by atoms with Crippen LogP contribution in [-0.4, -0.2) is 77.4 Å². The zero-order valence-electron chi connectivity index (χ0n) is 18.1. The van der Waals surface area contributed by atoms with E-state index in [2.05, 4.69) is 28.9 Å². The highest BCUT2D eigenvalue weighted by Gasteiger charge is 2.57. The van der Waals surface area contributed by atoms with Crippen LogP contribution < -0.4 is 4.90 Å². The number of unbranched alkanes of at least 4 members (excludes halogenated alkanes) is 1. The second-order valence-electron chi connectivity index (χ2n) is 8.50. The van der Waals surface area contributed by atoms with E-state index in [-0.39, 0.29) is 11.9 Å². The number of aromatic nitrogens is 2. The molecule has 29 heavy (non-hydrogen) atoms. The van der Waals surface area contributed by atoms with E-state index in [9.17, 15) is 9.59 Å². The van der Waals surface area contributed by atoms with E-state index in [0.29, 0.717) is 51.5 Å². The Bertz CT molecular complexity index is 714. The predicted octanol–water partition coefficient (Wildman–Crippen LogP) is 2.47.